The highest BCUT2D eigenvalue weighted by Gasteiger charge is 2.24. The van der Waals surface area contributed by atoms with Gasteiger partial charge in [-0.25, -0.2) is 9.97 Å². The summed E-state index contributed by atoms with van der Waals surface area (Å²) >= 11 is 3.37. The smallest absolute Gasteiger partial charge is 0.237 e. The Labute approximate surface area is 167 Å². The lowest BCUT2D eigenvalue weighted by atomic mass is 9.97. The van der Waals surface area contributed by atoms with Gasteiger partial charge in [0.25, 0.3) is 0 Å². The van der Waals surface area contributed by atoms with E-state index in [1.165, 1.54) is 28.7 Å². The van der Waals surface area contributed by atoms with E-state index in [1.54, 1.807) is 29.4 Å². The minimum atomic E-state index is -0.178. The monoisotopic (exact) mass is 397 g/mol. The van der Waals surface area contributed by atoms with E-state index in [0.717, 1.165) is 40.4 Å². The Morgan fingerprint density at radius 2 is 2.15 bits per heavy atom. The molecule has 2 heterocycles. The molecular weight excluding hydrogens is 374 g/mol. The third kappa shape index (κ3) is 3.87. The van der Waals surface area contributed by atoms with E-state index < -0.39 is 0 Å². The average molecular weight is 398 g/mol. The van der Waals surface area contributed by atoms with Gasteiger partial charge in [-0.3, -0.25) is 4.79 Å². The summed E-state index contributed by atoms with van der Waals surface area (Å²) in [4.78, 5) is 24.4. The summed E-state index contributed by atoms with van der Waals surface area (Å²) < 4.78 is 0. The highest BCUT2D eigenvalue weighted by molar-refractivity contribution is 8.00. The second-order valence-corrected chi connectivity index (χ2v) is 9.22. The second kappa shape index (κ2) is 7.98. The number of rotatable bonds is 5. The lowest BCUT2D eigenvalue weighted by Crippen LogP contribution is -2.24. The molecule has 1 N–H and O–H groups in total. The fourth-order valence-electron chi connectivity index (χ4n) is 3.55. The molecule has 140 valence electrons. The Kier molecular flexibility index (Phi) is 5.45. The molecule has 4 nitrogen and oxygen atoms in total. The molecule has 1 aliphatic rings. The SMILES string of the molecule is CCC(Sc1ncnc2sc3c(c12)CCCC3)C(=O)Nc1cccc(C)c1. The predicted octanol–water partition coefficient (Wildman–Crippen LogP) is 5.39. The van der Waals surface area contributed by atoms with Crippen molar-refractivity contribution in [3.8, 4) is 0 Å². The number of anilines is 1. The first kappa shape index (κ1) is 18.4. The standard InChI is InChI=1S/C21H23N3OS2/c1-3-16(19(25)24-14-8-6-7-13(2)11-14)26-20-18-15-9-4-5-10-17(15)27-21(18)23-12-22-20/h6-8,11-12,16H,3-5,9-10H2,1-2H3,(H,24,25). The molecule has 0 aliphatic heterocycles. The maximum absolute atomic E-state index is 12.8. The lowest BCUT2D eigenvalue weighted by Gasteiger charge is -2.16. The number of thioether (sulfide) groups is 1. The molecule has 6 heteroatoms. The summed E-state index contributed by atoms with van der Waals surface area (Å²) in [5, 5.41) is 5.01. The van der Waals surface area contributed by atoms with Crippen molar-refractivity contribution in [2.45, 2.75) is 56.2 Å². The Morgan fingerprint density at radius 3 is 2.96 bits per heavy atom. The van der Waals surface area contributed by atoms with Crippen LogP contribution >= 0.6 is 23.1 Å². The number of carbonyl (C=O) groups excluding carboxylic acids is 1. The highest BCUT2D eigenvalue weighted by Crippen LogP contribution is 2.40. The van der Waals surface area contributed by atoms with Gasteiger partial charge in [0.1, 0.15) is 16.2 Å². The molecule has 1 unspecified atom stereocenters. The molecule has 1 amide bonds. The highest BCUT2D eigenvalue weighted by atomic mass is 32.2. The zero-order valence-corrected chi connectivity index (χ0v) is 17.3. The van der Waals surface area contributed by atoms with Crippen molar-refractivity contribution in [2.24, 2.45) is 0 Å². The number of hydrogen-bond donors (Lipinski definition) is 1. The summed E-state index contributed by atoms with van der Waals surface area (Å²) in [6.07, 6.45) is 7.11. The van der Waals surface area contributed by atoms with Crippen LogP contribution in [0, 0.1) is 6.92 Å². The number of nitrogens with zero attached hydrogens (tertiary/aromatic N) is 2. The number of thiophene rings is 1. The van der Waals surface area contributed by atoms with E-state index in [9.17, 15) is 4.79 Å². The molecule has 0 saturated heterocycles. The molecule has 4 rings (SSSR count). The predicted molar refractivity (Wildman–Crippen MR) is 114 cm³/mol. The number of hydrogen-bond acceptors (Lipinski definition) is 5. The van der Waals surface area contributed by atoms with Crippen molar-refractivity contribution in [3.05, 3.63) is 46.6 Å². The third-order valence-corrected chi connectivity index (χ3v) is 7.48. The molecule has 0 spiro atoms. The fraction of sp³-hybridized carbons (Fsp3) is 0.381. The van der Waals surface area contributed by atoms with E-state index in [1.807, 2.05) is 31.2 Å². The van der Waals surface area contributed by atoms with Gasteiger partial charge in [0.15, 0.2) is 0 Å². The molecule has 1 aromatic carbocycles. The van der Waals surface area contributed by atoms with Gasteiger partial charge in [-0.05, 0) is 62.3 Å². The van der Waals surface area contributed by atoms with Crippen molar-refractivity contribution in [1.29, 1.82) is 0 Å². The van der Waals surface area contributed by atoms with Crippen LogP contribution in [0.1, 0.15) is 42.2 Å². The van der Waals surface area contributed by atoms with Gasteiger partial charge in [0.2, 0.25) is 5.91 Å². The van der Waals surface area contributed by atoms with Crippen LogP contribution in [-0.4, -0.2) is 21.1 Å². The third-order valence-electron chi connectivity index (χ3n) is 4.92. The van der Waals surface area contributed by atoms with Crippen molar-refractivity contribution in [3.63, 3.8) is 0 Å². The van der Waals surface area contributed by atoms with Crippen molar-refractivity contribution >= 4 is 44.9 Å². The second-order valence-electron chi connectivity index (χ2n) is 6.94. The molecule has 27 heavy (non-hydrogen) atoms. The average Bonchev–Trinajstić information content (AvgIpc) is 3.05. The lowest BCUT2D eigenvalue weighted by molar-refractivity contribution is -0.115. The van der Waals surface area contributed by atoms with Gasteiger partial charge < -0.3 is 5.32 Å². The molecule has 1 atom stereocenters. The van der Waals surface area contributed by atoms with Crippen LogP contribution in [0.15, 0.2) is 35.6 Å². The van der Waals surface area contributed by atoms with Crippen molar-refractivity contribution in [1.82, 2.24) is 9.97 Å². The number of aromatic nitrogens is 2. The van der Waals surface area contributed by atoms with Crippen LogP contribution in [0.2, 0.25) is 0 Å². The van der Waals surface area contributed by atoms with E-state index in [-0.39, 0.29) is 11.2 Å². The number of fused-ring (bicyclic) bond motifs is 3. The molecule has 0 saturated carbocycles. The first-order valence-corrected chi connectivity index (χ1v) is 11.1. The Balaban J connectivity index is 1.60. The number of carbonyl (C=O) groups is 1. The van der Waals surface area contributed by atoms with Gasteiger partial charge >= 0.3 is 0 Å². The summed E-state index contributed by atoms with van der Waals surface area (Å²) in [6, 6.07) is 7.91. The van der Waals surface area contributed by atoms with Crippen LogP contribution in [-0.2, 0) is 17.6 Å². The Bertz CT molecular complexity index is 983. The van der Waals surface area contributed by atoms with Gasteiger partial charge in [-0.1, -0.05) is 30.8 Å². The normalized spacial score (nSPS) is 14.7. The summed E-state index contributed by atoms with van der Waals surface area (Å²) in [7, 11) is 0. The molecule has 0 fully saturated rings. The van der Waals surface area contributed by atoms with E-state index in [2.05, 4.69) is 22.2 Å². The maximum atomic E-state index is 12.8. The van der Waals surface area contributed by atoms with Gasteiger partial charge in [0, 0.05) is 16.0 Å². The summed E-state index contributed by atoms with van der Waals surface area (Å²) in [6.45, 7) is 4.08. The van der Waals surface area contributed by atoms with Crippen molar-refractivity contribution < 1.29 is 4.79 Å². The zero-order chi connectivity index (χ0) is 18.8. The van der Waals surface area contributed by atoms with E-state index >= 15 is 0 Å². The number of amides is 1. The molecular formula is C21H23N3OS2. The van der Waals surface area contributed by atoms with Crippen LogP contribution in [0.25, 0.3) is 10.2 Å². The van der Waals surface area contributed by atoms with Crippen LogP contribution in [0.5, 0.6) is 0 Å². The first-order valence-electron chi connectivity index (χ1n) is 9.45. The molecule has 2 aromatic heterocycles. The summed E-state index contributed by atoms with van der Waals surface area (Å²) in [5.74, 6) is 0.0314. The van der Waals surface area contributed by atoms with Crippen LogP contribution in [0.4, 0.5) is 5.69 Å². The minimum Gasteiger partial charge on any atom is -0.325 e. The van der Waals surface area contributed by atoms with Crippen LogP contribution < -0.4 is 5.32 Å². The number of benzene rings is 1. The van der Waals surface area contributed by atoms with Crippen LogP contribution in [0.3, 0.4) is 0 Å². The largest absolute Gasteiger partial charge is 0.325 e. The van der Waals surface area contributed by atoms with Gasteiger partial charge in [-0.2, -0.15) is 0 Å². The Morgan fingerprint density at radius 1 is 1.30 bits per heavy atom. The fourth-order valence-corrected chi connectivity index (χ4v) is 5.89. The molecule has 0 radical (unpaired) electrons. The van der Waals surface area contributed by atoms with Gasteiger partial charge in [0.05, 0.1) is 5.25 Å². The number of nitrogens with one attached hydrogen (secondary N) is 1. The topological polar surface area (TPSA) is 54.9 Å². The number of aryl methyl sites for hydroxylation is 3. The molecule has 0 bridgehead atoms. The first-order chi connectivity index (χ1) is 13.2. The molecule has 3 aromatic rings. The van der Waals surface area contributed by atoms with Gasteiger partial charge in [-0.15, -0.1) is 11.3 Å². The quantitative estimate of drug-likeness (QED) is 0.463. The Hall–Kier alpha value is -1.92. The van der Waals surface area contributed by atoms with E-state index in [0.29, 0.717) is 0 Å². The maximum Gasteiger partial charge on any atom is 0.237 e. The van der Waals surface area contributed by atoms with Crippen molar-refractivity contribution in [2.75, 3.05) is 5.32 Å². The summed E-state index contributed by atoms with van der Waals surface area (Å²) in [5.41, 5.74) is 3.40. The zero-order valence-electron chi connectivity index (χ0n) is 15.6. The van der Waals surface area contributed by atoms with E-state index in [4.69, 9.17) is 0 Å². The minimum absolute atomic E-state index is 0.0314. The molecule has 1 aliphatic carbocycles.